The molecule has 0 radical (unpaired) electrons. The topological polar surface area (TPSA) is 106 Å². The number of halogens is 1. The predicted molar refractivity (Wildman–Crippen MR) is 121 cm³/mol. The van der Waals surface area contributed by atoms with E-state index in [4.69, 9.17) is 19.8 Å². The van der Waals surface area contributed by atoms with Crippen molar-refractivity contribution in [2.45, 2.75) is 46.1 Å². The molecule has 1 N–H and O–H groups in total. The van der Waals surface area contributed by atoms with Crippen LogP contribution in [0.4, 0.5) is 4.39 Å². The van der Waals surface area contributed by atoms with Gasteiger partial charge in [0.25, 0.3) is 5.91 Å². The van der Waals surface area contributed by atoms with E-state index in [1.165, 1.54) is 6.07 Å². The molecule has 2 aliphatic rings. The van der Waals surface area contributed by atoms with Crippen molar-refractivity contribution in [3.05, 3.63) is 52.1 Å². The number of rotatable bonds is 6. The molecule has 0 bridgehead atoms. The average molecular weight is 469 g/mol. The van der Waals surface area contributed by atoms with Crippen molar-refractivity contribution in [2.75, 3.05) is 26.4 Å². The molecule has 2 aromatic rings. The third-order valence-electron chi connectivity index (χ3n) is 6.66. The number of hydrogen-bond donors (Lipinski definition) is 1. The summed E-state index contributed by atoms with van der Waals surface area (Å²) in [5, 5.41) is 16.8. The van der Waals surface area contributed by atoms with Gasteiger partial charge < -0.3 is 14.8 Å². The van der Waals surface area contributed by atoms with Gasteiger partial charge in [-0.25, -0.2) is 9.18 Å². The van der Waals surface area contributed by atoms with Crippen LogP contribution in [-0.4, -0.2) is 48.0 Å². The summed E-state index contributed by atoms with van der Waals surface area (Å²) in [5.74, 6) is -1.53. The lowest BCUT2D eigenvalue weighted by molar-refractivity contribution is 0.0151. The van der Waals surface area contributed by atoms with Crippen LogP contribution in [0.15, 0.2) is 18.2 Å². The van der Waals surface area contributed by atoms with Crippen molar-refractivity contribution in [2.24, 2.45) is 11.3 Å². The maximum absolute atomic E-state index is 13.7. The maximum Gasteiger partial charge on any atom is 0.338 e. The molecule has 1 spiro atoms. The van der Waals surface area contributed by atoms with Gasteiger partial charge in [-0.2, -0.15) is 10.4 Å². The molecular formula is C25H29FN4O4. The van der Waals surface area contributed by atoms with Crippen molar-refractivity contribution in [1.29, 1.82) is 5.26 Å². The van der Waals surface area contributed by atoms with Gasteiger partial charge in [0, 0.05) is 32.2 Å². The lowest BCUT2D eigenvalue weighted by atomic mass is 9.76. The molecule has 1 atom stereocenters. The highest BCUT2D eigenvalue weighted by atomic mass is 19.1. The van der Waals surface area contributed by atoms with Crippen LogP contribution < -0.4 is 5.32 Å². The molecule has 8 nitrogen and oxygen atoms in total. The van der Waals surface area contributed by atoms with E-state index >= 15 is 0 Å². The first-order valence-corrected chi connectivity index (χ1v) is 11.7. The second-order valence-electron chi connectivity index (χ2n) is 9.32. The Bertz CT molecular complexity index is 1130. The zero-order chi connectivity index (χ0) is 24.3. The molecule has 34 heavy (non-hydrogen) atoms. The van der Waals surface area contributed by atoms with Crippen molar-refractivity contribution < 1.29 is 23.5 Å². The number of aryl methyl sites for hydroxylation is 1. The van der Waals surface area contributed by atoms with Crippen LogP contribution in [-0.2, 0) is 28.9 Å². The first-order valence-electron chi connectivity index (χ1n) is 11.7. The Labute approximate surface area is 198 Å². The van der Waals surface area contributed by atoms with Gasteiger partial charge in [0.1, 0.15) is 5.82 Å². The maximum atomic E-state index is 13.7. The van der Waals surface area contributed by atoms with Crippen LogP contribution in [0, 0.1) is 28.5 Å². The van der Waals surface area contributed by atoms with Gasteiger partial charge in [0.15, 0.2) is 0 Å². The number of carbonyl (C=O) groups excluding carboxylic acids is 2. The Morgan fingerprint density at radius 1 is 1.38 bits per heavy atom. The molecule has 1 aromatic carbocycles. The lowest BCUT2D eigenvalue weighted by Crippen LogP contribution is -2.41. The van der Waals surface area contributed by atoms with Gasteiger partial charge in [-0.3, -0.25) is 9.48 Å². The quantitative estimate of drug-likeness (QED) is 0.654. The zero-order valence-corrected chi connectivity index (χ0v) is 19.5. The fourth-order valence-corrected chi connectivity index (χ4v) is 4.75. The molecule has 3 heterocycles. The Hall–Kier alpha value is -3.25. The summed E-state index contributed by atoms with van der Waals surface area (Å²) < 4.78 is 26.5. The SMILES string of the molecule is CCc1nn(C[C@@H](C)COC(=O)c2cc(F)cc(C#N)c2)c2c1C(=O)NCC1(CCOCC1)C2. The van der Waals surface area contributed by atoms with Gasteiger partial charge in [0.2, 0.25) is 0 Å². The van der Waals surface area contributed by atoms with E-state index in [-0.39, 0.29) is 35.0 Å². The normalized spacial score (nSPS) is 17.9. The number of ether oxygens (including phenoxy) is 2. The molecule has 1 amide bonds. The van der Waals surface area contributed by atoms with Gasteiger partial charge in [-0.15, -0.1) is 0 Å². The minimum Gasteiger partial charge on any atom is -0.462 e. The summed E-state index contributed by atoms with van der Waals surface area (Å²) in [4.78, 5) is 25.4. The van der Waals surface area contributed by atoms with Crippen LogP contribution in [0.25, 0.3) is 0 Å². The molecule has 9 heteroatoms. The van der Waals surface area contributed by atoms with E-state index in [1.54, 1.807) is 0 Å². The molecule has 0 saturated carbocycles. The molecule has 0 aliphatic carbocycles. The predicted octanol–water partition coefficient (Wildman–Crippen LogP) is 3.03. The highest BCUT2D eigenvalue weighted by Crippen LogP contribution is 2.37. The fraction of sp³-hybridized carbons (Fsp3) is 0.520. The summed E-state index contributed by atoms with van der Waals surface area (Å²) in [6, 6.07) is 5.26. The Kier molecular flexibility index (Phi) is 6.98. The Balaban J connectivity index is 1.49. The molecule has 1 aromatic heterocycles. The number of fused-ring (bicyclic) bond motifs is 1. The number of hydrogen-bond acceptors (Lipinski definition) is 6. The van der Waals surface area contributed by atoms with E-state index < -0.39 is 11.8 Å². The third-order valence-corrected chi connectivity index (χ3v) is 6.66. The number of amides is 1. The van der Waals surface area contributed by atoms with E-state index in [0.717, 1.165) is 42.8 Å². The molecule has 1 fully saturated rings. The van der Waals surface area contributed by atoms with Gasteiger partial charge in [-0.1, -0.05) is 13.8 Å². The van der Waals surface area contributed by atoms with Crippen molar-refractivity contribution >= 4 is 11.9 Å². The first-order chi connectivity index (χ1) is 16.3. The highest BCUT2D eigenvalue weighted by molar-refractivity contribution is 5.97. The van der Waals surface area contributed by atoms with Gasteiger partial charge >= 0.3 is 5.97 Å². The molecule has 0 unspecified atom stereocenters. The highest BCUT2D eigenvalue weighted by Gasteiger charge is 2.39. The van der Waals surface area contributed by atoms with Crippen LogP contribution >= 0.6 is 0 Å². The second kappa shape index (κ2) is 9.94. The average Bonchev–Trinajstić information content (AvgIpc) is 3.10. The van der Waals surface area contributed by atoms with Crippen LogP contribution in [0.3, 0.4) is 0 Å². The van der Waals surface area contributed by atoms with Gasteiger partial charge in [-0.05, 0) is 49.3 Å². The summed E-state index contributed by atoms with van der Waals surface area (Å²) in [7, 11) is 0. The smallest absolute Gasteiger partial charge is 0.338 e. The number of benzene rings is 1. The molecular weight excluding hydrogens is 439 g/mol. The van der Waals surface area contributed by atoms with Crippen LogP contribution in [0.1, 0.15) is 64.4 Å². The van der Waals surface area contributed by atoms with E-state index in [1.807, 2.05) is 24.6 Å². The third kappa shape index (κ3) is 4.97. The summed E-state index contributed by atoms with van der Waals surface area (Å²) in [5.41, 5.74) is 2.38. The number of aromatic nitrogens is 2. The van der Waals surface area contributed by atoms with Crippen LogP contribution in [0.5, 0.6) is 0 Å². The second-order valence-corrected chi connectivity index (χ2v) is 9.32. The minimum atomic E-state index is -0.683. The van der Waals surface area contributed by atoms with Crippen molar-refractivity contribution in [1.82, 2.24) is 15.1 Å². The fourth-order valence-electron chi connectivity index (χ4n) is 4.75. The van der Waals surface area contributed by atoms with E-state index in [2.05, 4.69) is 5.32 Å². The number of nitriles is 1. The lowest BCUT2D eigenvalue weighted by Gasteiger charge is -2.36. The number of nitrogens with zero attached hydrogens (tertiary/aromatic N) is 3. The summed E-state index contributed by atoms with van der Waals surface area (Å²) >= 11 is 0. The largest absolute Gasteiger partial charge is 0.462 e. The molecule has 180 valence electrons. The standard InChI is InChI=1S/C25H29FN4O4/c1-3-20-22-21(11-25(15-28-23(22)31)4-6-33-7-5-25)30(29-20)13-16(2)14-34-24(32)18-8-17(12-27)9-19(26)10-18/h8-10,16H,3-7,11,13-15H2,1-2H3,(H,28,31)/t16-/m1/s1. The van der Waals surface area contributed by atoms with E-state index in [0.29, 0.717) is 38.3 Å². The summed E-state index contributed by atoms with van der Waals surface area (Å²) in [6.07, 6.45) is 3.14. The summed E-state index contributed by atoms with van der Waals surface area (Å²) in [6.45, 7) is 6.47. The first kappa shape index (κ1) is 23.9. The Morgan fingerprint density at radius 3 is 2.85 bits per heavy atom. The minimum absolute atomic E-state index is 0.00288. The van der Waals surface area contributed by atoms with Crippen LogP contribution in [0.2, 0.25) is 0 Å². The number of esters is 1. The molecule has 2 aliphatic heterocycles. The van der Waals surface area contributed by atoms with Gasteiger partial charge in [0.05, 0.1) is 40.8 Å². The molecule has 4 rings (SSSR count). The van der Waals surface area contributed by atoms with Crippen molar-refractivity contribution in [3.63, 3.8) is 0 Å². The zero-order valence-electron chi connectivity index (χ0n) is 19.5. The number of carbonyl (C=O) groups is 2. The molecule has 1 saturated heterocycles. The van der Waals surface area contributed by atoms with E-state index in [9.17, 15) is 14.0 Å². The Morgan fingerprint density at radius 2 is 2.15 bits per heavy atom. The monoisotopic (exact) mass is 468 g/mol. The number of nitrogens with one attached hydrogen (secondary N) is 1. The van der Waals surface area contributed by atoms with Crippen molar-refractivity contribution in [3.8, 4) is 6.07 Å².